The van der Waals surface area contributed by atoms with Gasteiger partial charge in [-0.15, -0.1) is 0 Å². The third-order valence-electron chi connectivity index (χ3n) is 3.50. The van der Waals surface area contributed by atoms with E-state index in [1.54, 1.807) is 12.1 Å². The Hall–Kier alpha value is -1.42. The van der Waals surface area contributed by atoms with E-state index in [-0.39, 0.29) is 18.1 Å². The van der Waals surface area contributed by atoms with Crippen LogP contribution in [0.5, 0.6) is 0 Å². The molecule has 1 aromatic carbocycles. The van der Waals surface area contributed by atoms with Crippen LogP contribution in [0.4, 0.5) is 4.39 Å². The van der Waals surface area contributed by atoms with E-state index < -0.39 is 0 Å². The van der Waals surface area contributed by atoms with Gasteiger partial charge in [-0.05, 0) is 37.1 Å². The molecule has 3 nitrogen and oxygen atoms in total. The maximum Gasteiger partial charge on any atom is 0.227 e. The average Bonchev–Trinajstić information content (AvgIpc) is 2.89. The maximum absolute atomic E-state index is 13.1. The molecular weight excluding hydrogens is 243 g/mol. The van der Waals surface area contributed by atoms with Crippen molar-refractivity contribution in [1.29, 1.82) is 0 Å². The summed E-state index contributed by atoms with van der Waals surface area (Å²) in [6, 6.07) is 6.59. The maximum atomic E-state index is 13.1. The highest BCUT2D eigenvalue weighted by Crippen LogP contribution is 2.13. The lowest BCUT2D eigenvalue weighted by Crippen LogP contribution is -2.42. The van der Waals surface area contributed by atoms with Crippen LogP contribution in [0, 0.1) is 5.82 Å². The van der Waals surface area contributed by atoms with Crippen LogP contribution in [-0.4, -0.2) is 36.5 Å². The highest BCUT2D eigenvalue weighted by atomic mass is 19.1. The van der Waals surface area contributed by atoms with Crippen molar-refractivity contribution in [1.82, 2.24) is 10.2 Å². The number of hydrogen-bond donors (Lipinski definition) is 1. The molecule has 0 spiro atoms. The fourth-order valence-electron chi connectivity index (χ4n) is 2.58. The van der Waals surface area contributed by atoms with Crippen molar-refractivity contribution in [2.24, 2.45) is 0 Å². The molecular formula is C15H21FN2O. The molecule has 0 bridgehead atoms. The molecule has 104 valence electrons. The van der Waals surface area contributed by atoms with E-state index in [2.05, 4.69) is 12.2 Å². The number of rotatable bonds is 5. The van der Waals surface area contributed by atoms with Crippen LogP contribution in [0.25, 0.3) is 0 Å². The third-order valence-corrected chi connectivity index (χ3v) is 3.50. The van der Waals surface area contributed by atoms with Crippen LogP contribution >= 0.6 is 0 Å². The standard InChI is InChI=1S/C15H21FN2O/c1-2-8-18(14-6-7-17-11-14)15(19)10-12-4-3-5-13(16)9-12/h3-5,9,14,17H,2,6-8,10-11H2,1H3. The minimum atomic E-state index is -0.283. The zero-order chi connectivity index (χ0) is 13.7. The SMILES string of the molecule is CCCN(C(=O)Cc1cccc(F)c1)C1CCNC1. The molecule has 1 saturated heterocycles. The molecule has 1 aromatic rings. The molecule has 1 N–H and O–H groups in total. The van der Waals surface area contributed by atoms with Crippen LogP contribution in [0.3, 0.4) is 0 Å². The summed E-state index contributed by atoms with van der Waals surface area (Å²) in [5, 5.41) is 3.29. The fraction of sp³-hybridized carbons (Fsp3) is 0.533. The largest absolute Gasteiger partial charge is 0.338 e. The Morgan fingerprint density at radius 3 is 3.00 bits per heavy atom. The lowest BCUT2D eigenvalue weighted by molar-refractivity contribution is -0.132. The molecule has 0 radical (unpaired) electrons. The smallest absolute Gasteiger partial charge is 0.227 e. The summed E-state index contributed by atoms with van der Waals surface area (Å²) in [6.07, 6.45) is 2.24. The molecule has 2 rings (SSSR count). The van der Waals surface area contributed by atoms with Crippen LogP contribution < -0.4 is 5.32 Å². The van der Waals surface area contributed by atoms with E-state index in [1.165, 1.54) is 12.1 Å². The minimum Gasteiger partial charge on any atom is -0.338 e. The van der Waals surface area contributed by atoms with E-state index in [1.807, 2.05) is 4.90 Å². The van der Waals surface area contributed by atoms with E-state index in [9.17, 15) is 9.18 Å². The number of nitrogens with one attached hydrogen (secondary N) is 1. The number of benzene rings is 1. The topological polar surface area (TPSA) is 32.3 Å². The summed E-state index contributed by atoms with van der Waals surface area (Å²) in [5.74, 6) is -0.184. The summed E-state index contributed by atoms with van der Waals surface area (Å²) in [6.45, 7) is 4.69. The lowest BCUT2D eigenvalue weighted by atomic mass is 10.1. The molecule has 0 aliphatic carbocycles. The minimum absolute atomic E-state index is 0.0983. The average molecular weight is 264 g/mol. The van der Waals surface area contributed by atoms with Gasteiger partial charge in [0.05, 0.1) is 6.42 Å². The molecule has 1 amide bonds. The zero-order valence-corrected chi connectivity index (χ0v) is 11.4. The van der Waals surface area contributed by atoms with Crippen molar-refractivity contribution in [3.8, 4) is 0 Å². The Bertz CT molecular complexity index is 430. The van der Waals surface area contributed by atoms with Crippen molar-refractivity contribution in [3.63, 3.8) is 0 Å². The van der Waals surface area contributed by atoms with Gasteiger partial charge in [0.25, 0.3) is 0 Å². The first kappa shape index (κ1) is 14.0. The Morgan fingerprint density at radius 1 is 1.53 bits per heavy atom. The van der Waals surface area contributed by atoms with Crippen molar-refractivity contribution in [2.45, 2.75) is 32.2 Å². The number of carbonyl (C=O) groups excluding carboxylic acids is 1. The van der Waals surface area contributed by atoms with E-state index in [4.69, 9.17) is 0 Å². The van der Waals surface area contributed by atoms with Crippen molar-refractivity contribution in [2.75, 3.05) is 19.6 Å². The number of nitrogens with zero attached hydrogens (tertiary/aromatic N) is 1. The zero-order valence-electron chi connectivity index (χ0n) is 11.4. The highest BCUT2D eigenvalue weighted by Gasteiger charge is 2.25. The quantitative estimate of drug-likeness (QED) is 0.882. The number of amides is 1. The summed E-state index contributed by atoms with van der Waals surface area (Å²) >= 11 is 0. The van der Waals surface area contributed by atoms with E-state index in [0.29, 0.717) is 6.04 Å². The molecule has 1 unspecified atom stereocenters. The van der Waals surface area contributed by atoms with Crippen molar-refractivity contribution >= 4 is 5.91 Å². The summed E-state index contributed by atoms with van der Waals surface area (Å²) in [5.41, 5.74) is 0.747. The summed E-state index contributed by atoms with van der Waals surface area (Å²) in [7, 11) is 0. The predicted octanol–water partition coefficient (Wildman–Crippen LogP) is 1.97. The molecule has 1 aliphatic heterocycles. The first-order valence-electron chi connectivity index (χ1n) is 6.95. The Labute approximate surface area is 113 Å². The van der Waals surface area contributed by atoms with Gasteiger partial charge in [0.15, 0.2) is 0 Å². The second kappa shape index (κ2) is 6.66. The van der Waals surface area contributed by atoms with Crippen LogP contribution in [0.1, 0.15) is 25.3 Å². The Balaban J connectivity index is 2.02. The van der Waals surface area contributed by atoms with Crippen LogP contribution in [0.2, 0.25) is 0 Å². The number of carbonyl (C=O) groups is 1. The lowest BCUT2D eigenvalue weighted by Gasteiger charge is -2.28. The molecule has 0 aromatic heterocycles. The van der Waals surface area contributed by atoms with Gasteiger partial charge in [-0.25, -0.2) is 4.39 Å². The molecule has 1 heterocycles. The molecule has 19 heavy (non-hydrogen) atoms. The van der Waals surface area contributed by atoms with Gasteiger partial charge in [-0.3, -0.25) is 4.79 Å². The Kier molecular flexibility index (Phi) is 4.91. The van der Waals surface area contributed by atoms with Crippen molar-refractivity contribution in [3.05, 3.63) is 35.6 Å². The highest BCUT2D eigenvalue weighted by molar-refractivity contribution is 5.79. The second-order valence-electron chi connectivity index (χ2n) is 5.04. The van der Waals surface area contributed by atoms with E-state index >= 15 is 0 Å². The molecule has 1 fully saturated rings. The molecule has 0 saturated carbocycles. The van der Waals surface area contributed by atoms with Gasteiger partial charge >= 0.3 is 0 Å². The van der Waals surface area contributed by atoms with Crippen LogP contribution in [0.15, 0.2) is 24.3 Å². The van der Waals surface area contributed by atoms with Crippen LogP contribution in [-0.2, 0) is 11.2 Å². The number of halogens is 1. The number of hydrogen-bond acceptors (Lipinski definition) is 2. The van der Waals surface area contributed by atoms with Gasteiger partial charge in [0.2, 0.25) is 5.91 Å². The summed E-state index contributed by atoms with van der Waals surface area (Å²) < 4.78 is 13.1. The molecule has 1 aliphatic rings. The Morgan fingerprint density at radius 2 is 2.37 bits per heavy atom. The fourth-order valence-corrected chi connectivity index (χ4v) is 2.58. The third kappa shape index (κ3) is 3.77. The van der Waals surface area contributed by atoms with Gasteiger partial charge < -0.3 is 10.2 Å². The first-order valence-corrected chi connectivity index (χ1v) is 6.95. The van der Waals surface area contributed by atoms with Gasteiger partial charge in [0.1, 0.15) is 5.82 Å². The summed E-state index contributed by atoms with van der Waals surface area (Å²) in [4.78, 5) is 14.3. The second-order valence-corrected chi connectivity index (χ2v) is 5.04. The van der Waals surface area contributed by atoms with Gasteiger partial charge in [-0.1, -0.05) is 19.1 Å². The predicted molar refractivity (Wildman–Crippen MR) is 73.4 cm³/mol. The monoisotopic (exact) mass is 264 g/mol. The van der Waals surface area contributed by atoms with Crippen molar-refractivity contribution < 1.29 is 9.18 Å². The molecule has 1 atom stereocenters. The van der Waals surface area contributed by atoms with Gasteiger partial charge in [0, 0.05) is 19.1 Å². The van der Waals surface area contributed by atoms with Gasteiger partial charge in [-0.2, -0.15) is 0 Å². The molecule has 4 heteroatoms. The normalized spacial score (nSPS) is 18.5. The van der Waals surface area contributed by atoms with E-state index in [0.717, 1.165) is 38.0 Å². The first-order chi connectivity index (χ1) is 9.20.